The van der Waals surface area contributed by atoms with E-state index in [4.69, 9.17) is 0 Å². The number of aryl methyl sites for hydroxylation is 1. The molecule has 1 amide bonds. The number of aliphatic carboxylic acids is 1. The lowest BCUT2D eigenvalue weighted by Crippen LogP contribution is -2.50. The number of halogens is 3. The first-order chi connectivity index (χ1) is 10.6. The molecule has 1 N–H and O–H groups in total. The maximum Gasteiger partial charge on any atom is 0.389 e. The summed E-state index contributed by atoms with van der Waals surface area (Å²) >= 11 is 0. The Hall–Kier alpha value is -2.05. The van der Waals surface area contributed by atoms with Gasteiger partial charge in [-0.2, -0.15) is 13.2 Å². The van der Waals surface area contributed by atoms with Gasteiger partial charge in [0.05, 0.1) is 0 Å². The number of carboxylic acid groups (broad SMARTS) is 1. The molecule has 0 aromatic heterocycles. The number of alkyl halides is 3. The lowest BCUT2D eigenvalue weighted by Gasteiger charge is -2.31. The molecule has 0 radical (unpaired) electrons. The van der Waals surface area contributed by atoms with Crippen LogP contribution in [0, 0.1) is 0 Å². The fraction of sp³-hybridized carbons (Fsp3) is 0.500. The van der Waals surface area contributed by atoms with Crippen molar-refractivity contribution < 1.29 is 27.9 Å². The maximum absolute atomic E-state index is 12.5. The molecule has 0 aliphatic carbocycles. The Kier molecular flexibility index (Phi) is 4.68. The molecule has 1 saturated heterocycles. The molecule has 1 aromatic rings. The molecule has 0 saturated carbocycles. The third-order valence-corrected chi connectivity index (χ3v) is 4.24. The van der Waals surface area contributed by atoms with Gasteiger partial charge in [-0.25, -0.2) is 4.79 Å². The molecule has 23 heavy (non-hydrogen) atoms. The zero-order valence-corrected chi connectivity index (χ0v) is 12.7. The third-order valence-electron chi connectivity index (χ3n) is 4.24. The summed E-state index contributed by atoms with van der Waals surface area (Å²) in [6, 6.07) is 5.86. The fourth-order valence-electron chi connectivity index (χ4n) is 2.77. The first-order valence-corrected chi connectivity index (χ1v) is 7.34. The number of nitrogens with zero attached hydrogens (tertiary/aromatic N) is 1. The van der Waals surface area contributed by atoms with E-state index in [-0.39, 0.29) is 12.0 Å². The predicted molar refractivity (Wildman–Crippen MR) is 77.1 cm³/mol. The van der Waals surface area contributed by atoms with Gasteiger partial charge in [-0.3, -0.25) is 4.79 Å². The minimum Gasteiger partial charge on any atom is -0.480 e. The van der Waals surface area contributed by atoms with Crippen molar-refractivity contribution in [2.24, 2.45) is 0 Å². The van der Waals surface area contributed by atoms with Gasteiger partial charge in [0, 0.05) is 18.5 Å². The van der Waals surface area contributed by atoms with Crippen LogP contribution in [0.4, 0.5) is 13.2 Å². The minimum atomic E-state index is -4.21. The quantitative estimate of drug-likeness (QED) is 0.922. The Labute approximate surface area is 131 Å². The highest BCUT2D eigenvalue weighted by molar-refractivity contribution is 5.98. The van der Waals surface area contributed by atoms with Crippen LogP contribution in [0.2, 0.25) is 0 Å². The van der Waals surface area contributed by atoms with Gasteiger partial charge in [0.1, 0.15) is 5.54 Å². The van der Waals surface area contributed by atoms with Crippen molar-refractivity contribution in [1.82, 2.24) is 4.90 Å². The average molecular weight is 329 g/mol. The first-order valence-electron chi connectivity index (χ1n) is 7.34. The summed E-state index contributed by atoms with van der Waals surface area (Å²) in [5.74, 6) is -1.46. The Morgan fingerprint density at radius 2 is 1.87 bits per heavy atom. The Morgan fingerprint density at radius 3 is 2.39 bits per heavy atom. The van der Waals surface area contributed by atoms with E-state index in [0.29, 0.717) is 24.9 Å². The van der Waals surface area contributed by atoms with Crippen molar-refractivity contribution >= 4 is 11.9 Å². The Balaban J connectivity index is 2.10. The lowest BCUT2D eigenvalue weighted by atomic mass is 9.98. The number of rotatable bonds is 4. The lowest BCUT2D eigenvalue weighted by molar-refractivity contribution is -0.147. The zero-order chi connectivity index (χ0) is 17.3. The normalized spacial score (nSPS) is 21.5. The van der Waals surface area contributed by atoms with Crippen LogP contribution in [0.5, 0.6) is 0 Å². The predicted octanol–water partition coefficient (Wildman–Crippen LogP) is 3.26. The van der Waals surface area contributed by atoms with Crippen LogP contribution in [0.25, 0.3) is 0 Å². The summed E-state index contributed by atoms with van der Waals surface area (Å²) < 4.78 is 36.6. The van der Waals surface area contributed by atoms with E-state index in [1.54, 1.807) is 0 Å². The van der Waals surface area contributed by atoms with Gasteiger partial charge in [-0.05, 0) is 43.9 Å². The van der Waals surface area contributed by atoms with Crippen molar-refractivity contribution in [3.63, 3.8) is 0 Å². The molecule has 1 fully saturated rings. The van der Waals surface area contributed by atoms with Crippen molar-refractivity contribution in [3.8, 4) is 0 Å². The topological polar surface area (TPSA) is 57.6 Å². The fourth-order valence-corrected chi connectivity index (χ4v) is 2.77. The number of hydrogen-bond acceptors (Lipinski definition) is 2. The summed E-state index contributed by atoms with van der Waals surface area (Å²) in [6.45, 7) is 1.87. The molecule has 1 heterocycles. The highest BCUT2D eigenvalue weighted by Crippen LogP contribution is 2.31. The molecule has 4 nitrogen and oxygen atoms in total. The summed E-state index contributed by atoms with van der Waals surface area (Å²) in [7, 11) is 0. The van der Waals surface area contributed by atoms with E-state index in [1.807, 2.05) is 0 Å². The van der Waals surface area contributed by atoms with E-state index in [0.717, 1.165) is 0 Å². The smallest absolute Gasteiger partial charge is 0.389 e. The second-order valence-corrected chi connectivity index (χ2v) is 5.95. The monoisotopic (exact) mass is 329 g/mol. The summed E-state index contributed by atoms with van der Waals surface area (Å²) in [5, 5.41) is 9.33. The summed E-state index contributed by atoms with van der Waals surface area (Å²) in [4.78, 5) is 25.2. The molecule has 1 aliphatic rings. The molecule has 1 atom stereocenters. The third kappa shape index (κ3) is 3.83. The van der Waals surface area contributed by atoms with Crippen molar-refractivity contribution in [2.75, 3.05) is 6.54 Å². The van der Waals surface area contributed by atoms with E-state index in [1.165, 1.54) is 36.1 Å². The molecule has 0 bridgehead atoms. The van der Waals surface area contributed by atoms with Gasteiger partial charge >= 0.3 is 12.1 Å². The van der Waals surface area contributed by atoms with E-state index in [9.17, 15) is 27.9 Å². The van der Waals surface area contributed by atoms with Gasteiger partial charge in [-0.15, -0.1) is 0 Å². The highest BCUT2D eigenvalue weighted by atomic mass is 19.4. The van der Waals surface area contributed by atoms with Crippen LogP contribution in [-0.4, -0.2) is 40.1 Å². The average Bonchev–Trinajstić information content (AvgIpc) is 2.87. The van der Waals surface area contributed by atoms with Crippen molar-refractivity contribution in [2.45, 2.75) is 44.3 Å². The van der Waals surface area contributed by atoms with Gasteiger partial charge in [-0.1, -0.05) is 12.1 Å². The van der Waals surface area contributed by atoms with Crippen LogP contribution in [0.1, 0.15) is 42.1 Å². The maximum atomic E-state index is 12.5. The molecular formula is C16H18F3NO3. The number of amides is 1. The molecule has 7 heteroatoms. The van der Waals surface area contributed by atoms with Crippen molar-refractivity contribution in [3.05, 3.63) is 35.4 Å². The van der Waals surface area contributed by atoms with E-state index in [2.05, 4.69) is 0 Å². The standard InChI is InChI=1S/C16H18F3NO3/c1-15(14(22)23)8-2-10-20(15)13(21)12-5-3-11(4-6-12)7-9-16(17,18)19/h3-6H,2,7-10H2,1H3,(H,22,23). The van der Waals surface area contributed by atoms with E-state index >= 15 is 0 Å². The number of carbonyl (C=O) groups is 2. The van der Waals surface area contributed by atoms with Crippen LogP contribution < -0.4 is 0 Å². The van der Waals surface area contributed by atoms with Crippen LogP contribution >= 0.6 is 0 Å². The van der Waals surface area contributed by atoms with Crippen LogP contribution in [-0.2, 0) is 11.2 Å². The summed E-state index contributed by atoms with van der Waals surface area (Å²) in [5.41, 5.74) is -0.456. The van der Waals surface area contributed by atoms with Gasteiger partial charge in [0.15, 0.2) is 0 Å². The molecule has 2 rings (SSSR count). The largest absolute Gasteiger partial charge is 0.480 e. The number of likely N-dealkylation sites (tertiary alicyclic amines) is 1. The molecule has 1 aliphatic heterocycles. The Bertz CT molecular complexity index is 598. The SMILES string of the molecule is CC1(C(=O)O)CCCN1C(=O)c1ccc(CCC(F)(F)F)cc1. The first kappa shape index (κ1) is 17.3. The van der Waals surface area contributed by atoms with Gasteiger partial charge in [0.25, 0.3) is 5.91 Å². The number of carbonyl (C=O) groups excluding carboxylic acids is 1. The summed E-state index contributed by atoms with van der Waals surface area (Å²) in [6.07, 6.45) is -4.28. The zero-order valence-electron chi connectivity index (χ0n) is 12.7. The number of hydrogen-bond donors (Lipinski definition) is 1. The number of carboxylic acids is 1. The molecular weight excluding hydrogens is 311 g/mol. The molecule has 1 aromatic carbocycles. The second-order valence-electron chi connectivity index (χ2n) is 5.95. The molecule has 1 unspecified atom stereocenters. The second kappa shape index (κ2) is 6.22. The van der Waals surface area contributed by atoms with Crippen LogP contribution in [0.15, 0.2) is 24.3 Å². The van der Waals surface area contributed by atoms with Crippen LogP contribution in [0.3, 0.4) is 0 Å². The molecule has 0 spiro atoms. The van der Waals surface area contributed by atoms with Gasteiger partial charge < -0.3 is 10.0 Å². The van der Waals surface area contributed by atoms with Gasteiger partial charge in [0.2, 0.25) is 0 Å². The van der Waals surface area contributed by atoms with E-state index < -0.39 is 30.0 Å². The highest BCUT2D eigenvalue weighted by Gasteiger charge is 2.46. The number of benzene rings is 1. The van der Waals surface area contributed by atoms with Crippen molar-refractivity contribution in [1.29, 1.82) is 0 Å². The molecule has 126 valence electrons. The Morgan fingerprint density at radius 1 is 1.26 bits per heavy atom. The minimum absolute atomic E-state index is 0.144.